The molecule has 0 amide bonds. The van der Waals surface area contributed by atoms with Gasteiger partial charge in [-0.05, 0) is 33.6 Å². The molecule has 0 aliphatic carbocycles. The zero-order valence-corrected chi connectivity index (χ0v) is 21.2. The highest BCUT2D eigenvalue weighted by Crippen LogP contribution is 2.18. The van der Waals surface area contributed by atoms with Crippen LogP contribution in [0.2, 0.25) is 0 Å². The van der Waals surface area contributed by atoms with Gasteiger partial charge in [-0.2, -0.15) is 0 Å². The summed E-state index contributed by atoms with van der Waals surface area (Å²) in [5, 5.41) is 0. The Morgan fingerprint density at radius 2 is 1.31 bits per heavy atom. The normalized spacial score (nSPS) is 13.4. The van der Waals surface area contributed by atoms with E-state index in [1.54, 1.807) is 0 Å². The molecular weight excluding hydrogens is 459 g/mol. The van der Waals surface area contributed by atoms with Crippen LogP contribution in [0.15, 0.2) is 0 Å². The lowest BCUT2D eigenvalue weighted by Gasteiger charge is -2.37. The van der Waals surface area contributed by atoms with Crippen molar-refractivity contribution < 1.29 is 12.9 Å². The summed E-state index contributed by atoms with van der Waals surface area (Å²) in [6.07, 6.45) is 9.88. The van der Waals surface area contributed by atoms with Crippen molar-refractivity contribution in [3.8, 4) is 0 Å². The summed E-state index contributed by atoms with van der Waals surface area (Å²) in [6, 6.07) is -0.0815. The zero-order valence-electron chi connectivity index (χ0n) is 18.0. The molecule has 160 valence electrons. The average Bonchev–Trinajstić information content (AvgIpc) is 2.58. The summed E-state index contributed by atoms with van der Waals surface area (Å²) in [5.74, 6) is 0.226. The molecule has 0 heterocycles. The second kappa shape index (κ2) is 16.5. The maximum Gasteiger partial charge on any atom is 0.0785 e. The molecule has 26 heavy (non-hydrogen) atoms. The third-order valence-corrected chi connectivity index (χ3v) is 7.10. The topological polar surface area (TPSA) is 48.2 Å². The lowest BCUT2D eigenvalue weighted by atomic mass is 10.1. The standard InChI is InChI=1S/C20H44N2O2S.HI/c1-6-10-11-12-13-14-15-19-25(23,24)21-20(5)17-16-18-22(7-2,8-3)9-4;/h20H,6-19H2,1-5H3;1H. The number of sulfonamides is 1. The van der Waals surface area contributed by atoms with Gasteiger partial charge >= 0.3 is 0 Å². The summed E-state index contributed by atoms with van der Waals surface area (Å²) < 4.78 is 29.5. The van der Waals surface area contributed by atoms with E-state index < -0.39 is 10.0 Å². The number of nitrogens with zero attached hydrogens (tertiary/aromatic N) is 2. The molecule has 6 heteroatoms. The Bertz CT molecular complexity index is 404. The van der Waals surface area contributed by atoms with Crippen LogP contribution < -0.4 is 0 Å². The zero-order chi connectivity index (χ0) is 19.2. The largest absolute Gasteiger partial charge is 0.546 e. The van der Waals surface area contributed by atoms with E-state index in [9.17, 15) is 8.42 Å². The summed E-state index contributed by atoms with van der Waals surface area (Å²) in [5.41, 5.74) is 0. The molecule has 4 nitrogen and oxygen atoms in total. The molecule has 0 aromatic carbocycles. The number of quaternary nitrogens is 1. The molecule has 1 unspecified atom stereocenters. The molecule has 0 aliphatic heterocycles. The summed E-state index contributed by atoms with van der Waals surface area (Å²) in [7, 11) is -3.24. The van der Waals surface area contributed by atoms with Crippen LogP contribution in [-0.4, -0.2) is 50.9 Å². The van der Waals surface area contributed by atoms with Gasteiger partial charge < -0.3 is 9.21 Å². The van der Waals surface area contributed by atoms with E-state index in [1.165, 1.54) is 25.7 Å². The van der Waals surface area contributed by atoms with Crippen molar-refractivity contribution in [1.82, 2.24) is 0 Å². The minimum Gasteiger partial charge on any atom is -0.546 e. The Morgan fingerprint density at radius 1 is 0.808 bits per heavy atom. The highest BCUT2D eigenvalue weighted by molar-refractivity contribution is 14.0. The van der Waals surface area contributed by atoms with Gasteiger partial charge in [-0.1, -0.05) is 58.8 Å². The monoisotopic (exact) mass is 504 g/mol. The second-order valence-electron chi connectivity index (χ2n) is 7.52. The van der Waals surface area contributed by atoms with E-state index >= 15 is 0 Å². The predicted molar refractivity (Wildman–Crippen MR) is 126 cm³/mol. The van der Waals surface area contributed by atoms with Gasteiger partial charge in [0, 0.05) is 5.75 Å². The summed E-state index contributed by atoms with van der Waals surface area (Å²) >= 11 is 0. The van der Waals surface area contributed by atoms with Gasteiger partial charge in [0.05, 0.1) is 36.2 Å². The Morgan fingerprint density at radius 3 is 1.81 bits per heavy atom. The highest BCUT2D eigenvalue weighted by atomic mass is 127. The van der Waals surface area contributed by atoms with E-state index in [0.717, 1.165) is 62.8 Å². The van der Waals surface area contributed by atoms with E-state index in [-0.39, 0.29) is 35.8 Å². The van der Waals surface area contributed by atoms with Gasteiger partial charge in [0.15, 0.2) is 0 Å². The average molecular weight is 505 g/mol. The molecule has 0 aromatic heterocycles. The minimum absolute atomic E-state index is 0. The lowest BCUT2D eigenvalue weighted by molar-refractivity contribution is -0.923. The maximum atomic E-state index is 12.1. The molecule has 1 atom stereocenters. The SMILES string of the molecule is CCCCCCCCCS(=O)(=O)[N-]C(C)CCC[N+](CC)(CC)CC.I. The molecule has 0 saturated carbocycles. The first-order valence-corrected chi connectivity index (χ1v) is 12.3. The Labute approximate surface area is 181 Å². The lowest BCUT2D eigenvalue weighted by Crippen LogP contribution is -2.48. The molecule has 0 fully saturated rings. The first kappa shape index (κ1) is 28.8. The van der Waals surface area contributed by atoms with Crippen molar-refractivity contribution in [2.75, 3.05) is 31.9 Å². The molecule has 0 radical (unpaired) electrons. The molecule has 0 spiro atoms. The van der Waals surface area contributed by atoms with Crippen molar-refractivity contribution in [1.29, 1.82) is 0 Å². The van der Waals surface area contributed by atoms with Crippen LogP contribution in [0.25, 0.3) is 4.72 Å². The number of unbranched alkanes of at least 4 members (excludes halogenated alkanes) is 6. The van der Waals surface area contributed by atoms with Crippen LogP contribution in [0.5, 0.6) is 0 Å². The van der Waals surface area contributed by atoms with Crippen LogP contribution in [-0.2, 0) is 10.0 Å². The molecular formula is C20H45IN2O2S. The maximum absolute atomic E-state index is 12.1. The van der Waals surface area contributed by atoms with Crippen molar-refractivity contribution in [2.24, 2.45) is 0 Å². The van der Waals surface area contributed by atoms with Crippen molar-refractivity contribution in [3.05, 3.63) is 4.72 Å². The first-order chi connectivity index (χ1) is 11.8. The van der Waals surface area contributed by atoms with Crippen molar-refractivity contribution >= 4 is 34.0 Å². The minimum atomic E-state index is -3.24. The Balaban J connectivity index is 0. The second-order valence-corrected chi connectivity index (χ2v) is 9.30. The summed E-state index contributed by atoms with van der Waals surface area (Å²) in [6.45, 7) is 15.5. The Kier molecular flexibility index (Phi) is 18.3. The Hall–Kier alpha value is 0.600. The van der Waals surface area contributed by atoms with Crippen LogP contribution in [0, 0.1) is 0 Å². The van der Waals surface area contributed by atoms with Crippen LogP contribution in [0.4, 0.5) is 0 Å². The fourth-order valence-electron chi connectivity index (χ4n) is 3.49. The predicted octanol–water partition coefficient (Wildman–Crippen LogP) is 6.10. The number of hydrogen-bond acceptors (Lipinski definition) is 2. The molecule has 0 N–H and O–H groups in total. The third kappa shape index (κ3) is 13.7. The van der Waals surface area contributed by atoms with E-state index in [1.807, 2.05) is 6.92 Å². The van der Waals surface area contributed by atoms with Gasteiger partial charge in [0.1, 0.15) is 0 Å². The van der Waals surface area contributed by atoms with Gasteiger partial charge in [0.25, 0.3) is 0 Å². The van der Waals surface area contributed by atoms with Crippen LogP contribution in [0.1, 0.15) is 92.4 Å². The van der Waals surface area contributed by atoms with E-state index in [2.05, 4.69) is 32.4 Å². The molecule has 0 rings (SSSR count). The van der Waals surface area contributed by atoms with Crippen molar-refractivity contribution in [3.63, 3.8) is 0 Å². The van der Waals surface area contributed by atoms with Crippen LogP contribution >= 0.6 is 24.0 Å². The third-order valence-electron chi connectivity index (χ3n) is 5.61. The molecule has 0 aromatic rings. The molecule has 0 saturated heterocycles. The first-order valence-electron chi connectivity index (χ1n) is 10.6. The van der Waals surface area contributed by atoms with Gasteiger partial charge in [0.2, 0.25) is 0 Å². The van der Waals surface area contributed by atoms with Gasteiger partial charge in [-0.15, -0.1) is 30.0 Å². The highest BCUT2D eigenvalue weighted by Gasteiger charge is 2.19. The number of halogens is 1. The fraction of sp³-hybridized carbons (Fsp3) is 1.00. The molecule has 0 bridgehead atoms. The van der Waals surface area contributed by atoms with Gasteiger partial charge in [-0.3, -0.25) is 0 Å². The van der Waals surface area contributed by atoms with Crippen molar-refractivity contribution in [2.45, 2.75) is 98.4 Å². The number of rotatable bonds is 17. The van der Waals surface area contributed by atoms with E-state index in [4.69, 9.17) is 0 Å². The van der Waals surface area contributed by atoms with Gasteiger partial charge in [-0.25, -0.2) is 8.42 Å². The summed E-state index contributed by atoms with van der Waals surface area (Å²) in [4.78, 5) is 0. The quantitative estimate of drug-likeness (QED) is 0.136. The van der Waals surface area contributed by atoms with Crippen LogP contribution in [0.3, 0.4) is 0 Å². The smallest absolute Gasteiger partial charge is 0.0785 e. The molecule has 0 aliphatic rings. The number of hydrogen-bond donors (Lipinski definition) is 0. The fourth-order valence-corrected chi connectivity index (χ4v) is 4.82. The van der Waals surface area contributed by atoms with E-state index in [0.29, 0.717) is 0 Å².